The molecule has 24 heavy (non-hydrogen) atoms. The second-order valence-electron chi connectivity index (χ2n) is 5.80. The molecule has 0 fully saturated rings. The van der Waals surface area contributed by atoms with E-state index in [2.05, 4.69) is 16.9 Å². The molecule has 1 N–H and O–H groups in total. The number of nitrogens with one attached hydrogen (secondary N) is 1. The van der Waals surface area contributed by atoms with Crippen LogP contribution >= 0.6 is 0 Å². The summed E-state index contributed by atoms with van der Waals surface area (Å²) in [6, 6.07) is 10.9. The van der Waals surface area contributed by atoms with Crippen LogP contribution in [0.2, 0.25) is 0 Å². The lowest BCUT2D eigenvalue weighted by molar-refractivity contribution is 0.392. The molecule has 0 saturated carbocycles. The molecular formula is C18H21NO4S. The summed E-state index contributed by atoms with van der Waals surface area (Å²) in [6.07, 6.45) is 3.35. The zero-order valence-corrected chi connectivity index (χ0v) is 14.7. The predicted octanol–water partition coefficient (Wildman–Crippen LogP) is 2.67. The topological polar surface area (TPSA) is 64.6 Å². The molecule has 0 saturated heterocycles. The molecule has 2 aromatic carbocycles. The second-order valence-corrected chi connectivity index (χ2v) is 7.53. The quantitative estimate of drug-likeness (QED) is 0.872. The van der Waals surface area contributed by atoms with Gasteiger partial charge in [-0.05, 0) is 48.1 Å². The molecule has 0 heterocycles. The average Bonchev–Trinajstić information content (AvgIpc) is 3.07. The van der Waals surface area contributed by atoms with Gasteiger partial charge in [0.15, 0.2) is 0 Å². The maximum atomic E-state index is 12.6. The molecule has 0 atom stereocenters. The van der Waals surface area contributed by atoms with Crippen molar-refractivity contribution < 1.29 is 17.9 Å². The summed E-state index contributed by atoms with van der Waals surface area (Å²) in [7, 11) is -0.761. The number of benzene rings is 2. The number of ether oxygens (including phenoxy) is 2. The highest BCUT2D eigenvalue weighted by Crippen LogP contribution is 2.28. The number of fused-ring (bicyclic) bond motifs is 1. The zero-order chi connectivity index (χ0) is 17.2. The van der Waals surface area contributed by atoms with Crippen LogP contribution in [0.25, 0.3) is 0 Å². The van der Waals surface area contributed by atoms with Gasteiger partial charge in [0, 0.05) is 12.6 Å². The molecular weight excluding hydrogens is 326 g/mol. The Morgan fingerprint density at radius 2 is 1.79 bits per heavy atom. The maximum absolute atomic E-state index is 12.6. The molecule has 1 aliphatic rings. The Labute approximate surface area is 142 Å². The van der Waals surface area contributed by atoms with Crippen molar-refractivity contribution in [3.05, 3.63) is 53.1 Å². The van der Waals surface area contributed by atoms with E-state index in [0.717, 1.165) is 18.4 Å². The normalized spacial score (nSPS) is 13.6. The van der Waals surface area contributed by atoms with Crippen molar-refractivity contribution in [3.8, 4) is 11.5 Å². The Morgan fingerprint density at radius 1 is 1.00 bits per heavy atom. The largest absolute Gasteiger partial charge is 0.497 e. The molecule has 0 aromatic heterocycles. The number of hydrogen-bond donors (Lipinski definition) is 1. The van der Waals surface area contributed by atoms with Gasteiger partial charge in [0.05, 0.1) is 14.2 Å². The van der Waals surface area contributed by atoms with Crippen LogP contribution < -0.4 is 14.2 Å². The number of methoxy groups -OCH3 is 2. The molecule has 1 aliphatic carbocycles. The highest BCUT2D eigenvalue weighted by molar-refractivity contribution is 7.89. The van der Waals surface area contributed by atoms with Crippen LogP contribution in [-0.4, -0.2) is 22.6 Å². The van der Waals surface area contributed by atoms with Crippen molar-refractivity contribution >= 4 is 10.0 Å². The first-order valence-electron chi connectivity index (χ1n) is 7.86. The fourth-order valence-corrected chi connectivity index (χ4v) is 4.18. The number of aryl methyl sites for hydroxylation is 2. The lowest BCUT2D eigenvalue weighted by atomic mass is 10.1. The second kappa shape index (κ2) is 6.83. The minimum Gasteiger partial charge on any atom is -0.497 e. The van der Waals surface area contributed by atoms with Crippen LogP contribution in [0, 0.1) is 0 Å². The predicted molar refractivity (Wildman–Crippen MR) is 92.0 cm³/mol. The van der Waals surface area contributed by atoms with Gasteiger partial charge in [-0.3, -0.25) is 0 Å². The molecule has 0 unspecified atom stereocenters. The fraction of sp³-hybridized carbons (Fsp3) is 0.333. The van der Waals surface area contributed by atoms with Gasteiger partial charge in [-0.25, -0.2) is 13.1 Å². The summed E-state index contributed by atoms with van der Waals surface area (Å²) in [5, 5.41) is 0. The molecule has 0 amide bonds. The summed E-state index contributed by atoms with van der Waals surface area (Å²) in [4.78, 5) is 0.0745. The first-order valence-corrected chi connectivity index (χ1v) is 9.34. The number of rotatable bonds is 6. The van der Waals surface area contributed by atoms with Crippen LogP contribution in [0.3, 0.4) is 0 Å². The maximum Gasteiger partial charge on any atom is 0.244 e. The van der Waals surface area contributed by atoms with Gasteiger partial charge in [0.25, 0.3) is 0 Å². The molecule has 0 radical (unpaired) electrons. The molecule has 0 aliphatic heterocycles. The Bertz CT molecular complexity index is 846. The van der Waals surface area contributed by atoms with Gasteiger partial charge in [0.1, 0.15) is 16.4 Å². The highest BCUT2D eigenvalue weighted by atomic mass is 32.2. The fourth-order valence-electron chi connectivity index (χ4n) is 2.99. The summed E-state index contributed by atoms with van der Waals surface area (Å²) in [5.41, 5.74) is 3.66. The molecule has 2 aromatic rings. The Hall–Kier alpha value is -2.05. The Balaban J connectivity index is 1.81. The molecule has 6 heteroatoms. The van der Waals surface area contributed by atoms with Crippen molar-refractivity contribution in [1.29, 1.82) is 0 Å². The van der Waals surface area contributed by atoms with E-state index in [1.165, 1.54) is 37.8 Å². The van der Waals surface area contributed by atoms with Gasteiger partial charge < -0.3 is 9.47 Å². The Kier molecular flexibility index (Phi) is 4.78. The summed E-state index contributed by atoms with van der Waals surface area (Å²) in [5.74, 6) is 0.756. The number of sulfonamides is 1. The third-order valence-corrected chi connectivity index (χ3v) is 5.71. The van der Waals surface area contributed by atoms with Gasteiger partial charge in [0.2, 0.25) is 10.0 Å². The van der Waals surface area contributed by atoms with Gasteiger partial charge in [-0.15, -0.1) is 0 Å². The first-order chi connectivity index (χ1) is 11.5. The first kappa shape index (κ1) is 16.8. The molecule has 5 nitrogen and oxygen atoms in total. The van der Waals surface area contributed by atoms with Crippen LogP contribution in [-0.2, 0) is 29.4 Å². The van der Waals surface area contributed by atoms with E-state index in [4.69, 9.17) is 9.47 Å². The van der Waals surface area contributed by atoms with Crippen molar-refractivity contribution in [3.63, 3.8) is 0 Å². The third kappa shape index (κ3) is 3.39. The van der Waals surface area contributed by atoms with E-state index >= 15 is 0 Å². The van der Waals surface area contributed by atoms with Gasteiger partial charge >= 0.3 is 0 Å². The molecule has 0 spiro atoms. The van der Waals surface area contributed by atoms with E-state index < -0.39 is 10.0 Å². The third-order valence-electron chi connectivity index (χ3n) is 4.29. The van der Waals surface area contributed by atoms with Crippen molar-refractivity contribution in [1.82, 2.24) is 4.72 Å². The summed E-state index contributed by atoms with van der Waals surface area (Å²) >= 11 is 0. The van der Waals surface area contributed by atoms with Crippen molar-refractivity contribution in [2.45, 2.75) is 30.7 Å². The van der Waals surface area contributed by atoms with Crippen LogP contribution in [0.4, 0.5) is 0 Å². The highest BCUT2D eigenvalue weighted by Gasteiger charge is 2.20. The smallest absolute Gasteiger partial charge is 0.244 e. The van der Waals surface area contributed by atoms with Crippen LogP contribution in [0.15, 0.2) is 41.3 Å². The average molecular weight is 347 g/mol. The molecule has 128 valence electrons. The van der Waals surface area contributed by atoms with E-state index in [0.29, 0.717) is 5.75 Å². The molecule has 3 rings (SSSR count). The Morgan fingerprint density at radius 3 is 2.54 bits per heavy atom. The summed E-state index contributed by atoms with van der Waals surface area (Å²) < 4.78 is 38.2. The summed E-state index contributed by atoms with van der Waals surface area (Å²) in [6.45, 7) is 0.246. The van der Waals surface area contributed by atoms with E-state index in [1.807, 2.05) is 6.07 Å². The van der Waals surface area contributed by atoms with Crippen molar-refractivity contribution in [2.24, 2.45) is 0 Å². The zero-order valence-electron chi connectivity index (χ0n) is 13.8. The SMILES string of the molecule is COc1ccc(OC)c(S(=O)(=O)NCc2ccc3c(c2)CCC3)c1. The minimum absolute atomic E-state index is 0.0745. The standard InChI is InChI=1S/C18H21NO4S/c1-22-16-8-9-17(23-2)18(11-16)24(20,21)19-12-13-6-7-14-4-3-5-15(14)10-13/h6-11,19H,3-5,12H2,1-2H3. The lowest BCUT2D eigenvalue weighted by Crippen LogP contribution is -2.24. The van der Waals surface area contributed by atoms with E-state index in [1.54, 1.807) is 12.1 Å². The van der Waals surface area contributed by atoms with Crippen LogP contribution in [0.1, 0.15) is 23.1 Å². The lowest BCUT2D eigenvalue weighted by Gasteiger charge is -2.12. The number of hydrogen-bond acceptors (Lipinski definition) is 4. The van der Waals surface area contributed by atoms with Crippen LogP contribution in [0.5, 0.6) is 11.5 Å². The minimum atomic E-state index is -3.70. The van der Waals surface area contributed by atoms with E-state index in [-0.39, 0.29) is 17.2 Å². The van der Waals surface area contributed by atoms with Gasteiger partial charge in [-0.1, -0.05) is 18.2 Å². The van der Waals surface area contributed by atoms with E-state index in [9.17, 15) is 8.42 Å². The monoisotopic (exact) mass is 347 g/mol. The molecule has 0 bridgehead atoms. The van der Waals surface area contributed by atoms with Gasteiger partial charge in [-0.2, -0.15) is 0 Å². The van der Waals surface area contributed by atoms with Crippen molar-refractivity contribution in [2.75, 3.05) is 14.2 Å².